The van der Waals surface area contributed by atoms with Crippen LogP contribution in [0.5, 0.6) is 0 Å². The summed E-state index contributed by atoms with van der Waals surface area (Å²) in [5.74, 6) is -0.278. The molecule has 1 atom stereocenters. The van der Waals surface area contributed by atoms with Crippen molar-refractivity contribution in [2.24, 2.45) is 5.41 Å². The van der Waals surface area contributed by atoms with Crippen LogP contribution in [0.2, 0.25) is 0 Å². The minimum Gasteiger partial charge on any atom is -0.442 e. The Kier molecular flexibility index (Phi) is 12.3. The molecule has 3 aliphatic heterocycles. The van der Waals surface area contributed by atoms with Gasteiger partial charge in [-0.2, -0.15) is 5.10 Å². The fraction of sp³-hybridized carbons (Fsp3) is 0.568. The summed E-state index contributed by atoms with van der Waals surface area (Å²) in [6.07, 6.45) is 7.34. The second-order valence-corrected chi connectivity index (χ2v) is 17.2. The number of carbonyl (C=O) groups excluding carboxylic acids is 3. The number of H-pyrrole nitrogens is 1. The Balaban J connectivity index is 1.05. The lowest BCUT2D eigenvalue weighted by molar-refractivity contribution is -0.158. The molecule has 0 bridgehead atoms. The van der Waals surface area contributed by atoms with Gasteiger partial charge in [-0.3, -0.25) is 19.3 Å². The van der Waals surface area contributed by atoms with Crippen LogP contribution in [0.3, 0.4) is 0 Å². The van der Waals surface area contributed by atoms with Gasteiger partial charge in [-0.05, 0) is 114 Å². The Bertz CT molecular complexity index is 2120. The van der Waals surface area contributed by atoms with Crippen LogP contribution in [-0.4, -0.2) is 124 Å². The maximum absolute atomic E-state index is 14.4. The van der Waals surface area contributed by atoms with E-state index in [2.05, 4.69) is 39.2 Å². The fourth-order valence-corrected chi connectivity index (χ4v) is 9.21. The van der Waals surface area contributed by atoms with E-state index in [1.165, 1.54) is 0 Å². The number of fused-ring (bicyclic) bond motifs is 2. The van der Waals surface area contributed by atoms with E-state index in [4.69, 9.17) is 4.74 Å². The number of aromatic amines is 1. The number of hydrogen-bond donors (Lipinski definition) is 2. The van der Waals surface area contributed by atoms with Crippen molar-refractivity contribution in [3.63, 3.8) is 0 Å². The third kappa shape index (κ3) is 9.20. The highest BCUT2D eigenvalue weighted by Gasteiger charge is 2.34. The molecule has 0 radical (unpaired) electrons. The summed E-state index contributed by atoms with van der Waals surface area (Å²) in [4.78, 5) is 65.9. The molecule has 3 saturated heterocycles. The Morgan fingerprint density at radius 2 is 1.65 bits per heavy atom. The number of esters is 1. The number of aryl methyl sites for hydroxylation is 1. The van der Waals surface area contributed by atoms with E-state index in [0.717, 1.165) is 90.4 Å². The molecule has 3 amide bonds. The first-order chi connectivity index (χ1) is 27.4. The van der Waals surface area contributed by atoms with Gasteiger partial charge in [-0.25, -0.2) is 9.48 Å². The summed E-state index contributed by atoms with van der Waals surface area (Å²) >= 11 is 0. The van der Waals surface area contributed by atoms with E-state index >= 15 is 0 Å². The van der Waals surface area contributed by atoms with Crippen molar-refractivity contribution in [1.29, 1.82) is 0 Å². The molecule has 57 heavy (non-hydrogen) atoms. The minimum atomic E-state index is -0.762. The summed E-state index contributed by atoms with van der Waals surface area (Å²) in [7, 11) is 2.17. The molecule has 2 aromatic carbocycles. The van der Waals surface area contributed by atoms with E-state index in [0.29, 0.717) is 51.5 Å². The first kappa shape index (κ1) is 40.4. The largest absolute Gasteiger partial charge is 0.442 e. The molecule has 13 nitrogen and oxygen atoms in total. The maximum Gasteiger partial charge on any atom is 0.318 e. The molecule has 13 heteroatoms. The van der Waals surface area contributed by atoms with Crippen LogP contribution in [0.1, 0.15) is 81.9 Å². The van der Waals surface area contributed by atoms with E-state index < -0.39 is 11.5 Å². The molecule has 0 aliphatic carbocycles. The maximum atomic E-state index is 14.4. The van der Waals surface area contributed by atoms with E-state index in [9.17, 15) is 19.2 Å². The number of aromatic nitrogens is 3. The number of hydrogen-bond acceptors (Lipinski definition) is 8. The molecule has 7 rings (SSSR count). The zero-order chi connectivity index (χ0) is 40.3. The highest BCUT2D eigenvalue weighted by atomic mass is 16.5. The average Bonchev–Trinajstić information content (AvgIpc) is 3.63. The van der Waals surface area contributed by atoms with Gasteiger partial charge in [0, 0.05) is 68.2 Å². The summed E-state index contributed by atoms with van der Waals surface area (Å²) in [5.41, 5.74) is 3.65. The number of benzene rings is 2. The summed E-state index contributed by atoms with van der Waals surface area (Å²) in [6, 6.07) is 13.3. The molecular formula is C44H60N8O5. The molecule has 3 fully saturated rings. The van der Waals surface area contributed by atoms with E-state index in [-0.39, 0.29) is 36.1 Å². The zero-order valence-electron chi connectivity index (χ0n) is 34.4. The van der Waals surface area contributed by atoms with Gasteiger partial charge >= 0.3 is 12.0 Å². The topological polar surface area (TPSA) is 136 Å². The number of piperazine rings is 1. The van der Waals surface area contributed by atoms with Gasteiger partial charge in [0.05, 0.1) is 17.1 Å². The van der Waals surface area contributed by atoms with Gasteiger partial charge in [-0.15, -0.1) is 0 Å². The third-order valence-corrected chi connectivity index (χ3v) is 12.6. The molecule has 0 spiro atoms. The van der Waals surface area contributed by atoms with Crippen LogP contribution < -0.4 is 10.9 Å². The normalized spacial score (nSPS) is 18.6. The summed E-state index contributed by atoms with van der Waals surface area (Å²) < 4.78 is 7.41. The molecule has 5 heterocycles. The van der Waals surface area contributed by atoms with Crippen molar-refractivity contribution in [1.82, 2.24) is 39.7 Å². The standard InChI is InChI=1S/C44H60N8O5/c1-6-15-44(3,4)42(55)57-29-52-39-30(2)24-31(25-34(39)28-45-52)26-38(41(54)50-22-20-49(21-23-50)35-13-16-48(5)17-14-35)47-43(56)51-18-11-32(12-19-51)36-27-33-9-7-8-10-37(33)46-40(36)53/h7-10,24-25,27-28,32,35,38H,6,11-23,26,29H2,1-5H3,(H,46,53)(H,47,56)/t38-/m1/s1. The first-order valence-electron chi connectivity index (χ1n) is 20.9. The van der Waals surface area contributed by atoms with Crippen LogP contribution in [0.4, 0.5) is 4.79 Å². The molecule has 2 aromatic heterocycles. The lowest BCUT2D eigenvalue weighted by Gasteiger charge is -2.43. The number of para-hydroxylation sites is 1. The predicted octanol–water partition coefficient (Wildman–Crippen LogP) is 5.25. The van der Waals surface area contributed by atoms with Gasteiger partial charge in [0.2, 0.25) is 5.91 Å². The fourth-order valence-electron chi connectivity index (χ4n) is 9.21. The van der Waals surface area contributed by atoms with Crippen LogP contribution >= 0.6 is 0 Å². The van der Waals surface area contributed by atoms with Gasteiger partial charge in [0.1, 0.15) is 6.04 Å². The Morgan fingerprint density at radius 3 is 2.37 bits per heavy atom. The lowest BCUT2D eigenvalue weighted by Crippen LogP contribution is -2.59. The van der Waals surface area contributed by atoms with Crippen molar-refractivity contribution in [2.75, 3.05) is 59.4 Å². The van der Waals surface area contributed by atoms with Crippen molar-refractivity contribution < 1.29 is 19.1 Å². The highest BCUT2D eigenvalue weighted by Crippen LogP contribution is 2.29. The van der Waals surface area contributed by atoms with Gasteiger partial charge in [0.25, 0.3) is 5.56 Å². The molecule has 0 saturated carbocycles. The zero-order valence-corrected chi connectivity index (χ0v) is 34.4. The average molecular weight is 781 g/mol. The molecule has 0 unspecified atom stereocenters. The molecular weight excluding hydrogens is 721 g/mol. The Morgan fingerprint density at radius 1 is 0.930 bits per heavy atom. The molecule has 2 N–H and O–H groups in total. The van der Waals surface area contributed by atoms with Crippen molar-refractivity contribution in [3.8, 4) is 0 Å². The SMILES string of the molecule is CCCC(C)(C)C(=O)OCn1ncc2cc(C[C@@H](NC(=O)N3CCC(c4cc5ccccc5[nH]c4=O)CC3)C(=O)N3CCN(C4CCN(C)CC4)CC3)cc(C)c21. The number of pyridine rings is 1. The number of amides is 3. The van der Waals surface area contributed by atoms with Crippen LogP contribution in [0.15, 0.2) is 53.5 Å². The minimum absolute atomic E-state index is 0.0162. The predicted molar refractivity (Wildman–Crippen MR) is 222 cm³/mol. The first-order valence-corrected chi connectivity index (χ1v) is 20.9. The monoisotopic (exact) mass is 780 g/mol. The summed E-state index contributed by atoms with van der Waals surface area (Å²) in [6.45, 7) is 13.9. The van der Waals surface area contributed by atoms with Crippen molar-refractivity contribution in [2.45, 2.75) is 97.4 Å². The quantitative estimate of drug-likeness (QED) is 0.197. The number of nitrogens with zero attached hydrogens (tertiary/aromatic N) is 6. The van der Waals surface area contributed by atoms with Crippen molar-refractivity contribution in [3.05, 3.63) is 75.7 Å². The molecule has 306 valence electrons. The smallest absolute Gasteiger partial charge is 0.318 e. The summed E-state index contributed by atoms with van der Waals surface area (Å²) in [5, 5.41) is 9.59. The van der Waals surface area contributed by atoms with E-state index in [1.807, 2.05) is 68.1 Å². The number of urea groups is 1. The van der Waals surface area contributed by atoms with Gasteiger partial charge < -0.3 is 29.7 Å². The second kappa shape index (κ2) is 17.4. The number of piperidine rings is 2. The Hall–Kier alpha value is -4.75. The number of carbonyl (C=O) groups is 3. The van der Waals surface area contributed by atoms with Gasteiger partial charge in [0.15, 0.2) is 6.73 Å². The second-order valence-electron chi connectivity index (χ2n) is 17.2. The third-order valence-electron chi connectivity index (χ3n) is 12.6. The number of ether oxygens (including phenoxy) is 1. The van der Waals surface area contributed by atoms with E-state index in [1.54, 1.807) is 15.8 Å². The lowest BCUT2D eigenvalue weighted by atomic mass is 9.88. The Labute approximate surface area is 335 Å². The number of likely N-dealkylation sites (tertiary alicyclic amines) is 2. The van der Waals surface area contributed by atoms with Crippen LogP contribution in [0, 0.1) is 12.3 Å². The van der Waals surface area contributed by atoms with Crippen LogP contribution in [-0.2, 0) is 27.5 Å². The van der Waals surface area contributed by atoms with Crippen LogP contribution in [0.25, 0.3) is 21.8 Å². The van der Waals surface area contributed by atoms with Crippen molar-refractivity contribution >= 4 is 39.7 Å². The highest BCUT2D eigenvalue weighted by molar-refractivity contribution is 5.88. The number of nitrogens with one attached hydrogen (secondary N) is 2. The molecule has 4 aromatic rings. The van der Waals surface area contributed by atoms with Gasteiger partial charge in [-0.1, -0.05) is 37.6 Å². The number of rotatable bonds is 11. The molecule has 3 aliphatic rings.